The zero-order valence-electron chi connectivity index (χ0n) is 11.6. The van der Waals surface area contributed by atoms with Crippen LogP contribution < -0.4 is 5.32 Å². The van der Waals surface area contributed by atoms with E-state index in [4.69, 9.17) is 4.74 Å². The summed E-state index contributed by atoms with van der Waals surface area (Å²) < 4.78 is 6.82. The number of imidazole rings is 1. The van der Waals surface area contributed by atoms with Crippen LogP contribution in [0.15, 0.2) is 24.5 Å². The molecule has 1 fully saturated rings. The third-order valence-electron chi connectivity index (χ3n) is 3.98. The number of nitrogens with one attached hydrogen (secondary N) is 1. The van der Waals surface area contributed by atoms with Crippen molar-refractivity contribution in [2.75, 3.05) is 20.2 Å². The molecule has 0 amide bonds. The maximum atomic E-state index is 11.8. The van der Waals surface area contributed by atoms with E-state index in [1.165, 1.54) is 20.0 Å². The second kappa shape index (κ2) is 5.63. The number of hydrogen-bond donors (Lipinski definition) is 1. The van der Waals surface area contributed by atoms with Gasteiger partial charge in [-0.3, -0.25) is 0 Å². The Balaban J connectivity index is 1.91. The highest BCUT2D eigenvalue weighted by Crippen LogP contribution is 2.20. The van der Waals surface area contributed by atoms with E-state index in [2.05, 4.69) is 10.3 Å². The summed E-state index contributed by atoms with van der Waals surface area (Å²) in [5, 5.41) is 3.37. The highest BCUT2D eigenvalue weighted by atomic mass is 16.5. The highest BCUT2D eigenvalue weighted by molar-refractivity contribution is 5.96. The Hall–Kier alpha value is -1.88. The second-order valence-electron chi connectivity index (χ2n) is 5.24. The van der Waals surface area contributed by atoms with E-state index in [1.807, 2.05) is 16.7 Å². The summed E-state index contributed by atoms with van der Waals surface area (Å²) in [6.07, 6.45) is 7.06. The average molecular weight is 273 g/mol. The van der Waals surface area contributed by atoms with E-state index >= 15 is 0 Å². The van der Waals surface area contributed by atoms with Gasteiger partial charge in [-0.15, -0.1) is 0 Å². The Morgan fingerprint density at radius 1 is 1.50 bits per heavy atom. The van der Waals surface area contributed by atoms with Gasteiger partial charge in [0.2, 0.25) is 0 Å². The van der Waals surface area contributed by atoms with Crippen LogP contribution in [0.5, 0.6) is 0 Å². The summed E-state index contributed by atoms with van der Waals surface area (Å²) in [5.41, 5.74) is 1.39. The SMILES string of the molecule is COC(=O)c1cccn2c(CC3CCNCC3)ncc12. The van der Waals surface area contributed by atoms with Crippen molar-refractivity contribution in [1.82, 2.24) is 14.7 Å². The molecule has 1 aliphatic heterocycles. The highest BCUT2D eigenvalue weighted by Gasteiger charge is 2.18. The average Bonchev–Trinajstić information content (AvgIpc) is 2.91. The largest absolute Gasteiger partial charge is 0.465 e. The van der Waals surface area contributed by atoms with Gasteiger partial charge in [0.1, 0.15) is 5.82 Å². The van der Waals surface area contributed by atoms with Gasteiger partial charge >= 0.3 is 5.97 Å². The Bertz CT molecular complexity index is 615. The van der Waals surface area contributed by atoms with Gasteiger partial charge in [-0.1, -0.05) is 0 Å². The Labute approximate surface area is 118 Å². The molecule has 0 aromatic carbocycles. The lowest BCUT2D eigenvalue weighted by molar-refractivity contribution is 0.0602. The molecule has 0 unspecified atom stereocenters. The summed E-state index contributed by atoms with van der Waals surface area (Å²) in [6.45, 7) is 2.17. The summed E-state index contributed by atoms with van der Waals surface area (Å²) in [6, 6.07) is 3.64. The zero-order chi connectivity index (χ0) is 13.9. The number of methoxy groups -OCH3 is 1. The van der Waals surface area contributed by atoms with Crippen molar-refractivity contribution in [3.63, 3.8) is 0 Å². The smallest absolute Gasteiger partial charge is 0.340 e. The number of ether oxygens (including phenoxy) is 1. The lowest BCUT2D eigenvalue weighted by atomic mass is 9.94. The number of aromatic nitrogens is 2. The van der Waals surface area contributed by atoms with Crippen molar-refractivity contribution in [2.45, 2.75) is 19.3 Å². The minimum Gasteiger partial charge on any atom is -0.465 e. The predicted octanol–water partition coefficient (Wildman–Crippen LogP) is 1.66. The Kier molecular flexibility index (Phi) is 3.69. The lowest BCUT2D eigenvalue weighted by Gasteiger charge is -2.21. The van der Waals surface area contributed by atoms with E-state index in [1.54, 1.807) is 12.3 Å². The molecule has 1 saturated heterocycles. The summed E-state index contributed by atoms with van der Waals surface area (Å²) in [7, 11) is 1.40. The van der Waals surface area contributed by atoms with Crippen LogP contribution in [-0.2, 0) is 11.2 Å². The molecule has 106 valence electrons. The Morgan fingerprint density at radius 3 is 3.05 bits per heavy atom. The summed E-state index contributed by atoms with van der Waals surface area (Å²) >= 11 is 0. The lowest BCUT2D eigenvalue weighted by Crippen LogP contribution is -2.29. The first-order chi connectivity index (χ1) is 9.79. The van der Waals surface area contributed by atoms with E-state index < -0.39 is 0 Å². The van der Waals surface area contributed by atoms with Gasteiger partial charge < -0.3 is 14.5 Å². The van der Waals surface area contributed by atoms with Crippen LogP contribution in [0.3, 0.4) is 0 Å². The van der Waals surface area contributed by atoms with Crippen LogP contribution >= 0.6 is 0 Å². The number of carbonyl (C=O) groups is 1. The molecular weight excluding hydrogens is 254 g/mol. The molecule has 3 rings (SSSR count). The van der Waals surface area contributed by atoms with Crippen LogP contribution in [0, 0.1) is 5.92 Å². The summed E-state index contributed by atoms with van der Waals surface area (Å²) in [5.74, 6) is 1.38. The first kappa shape index (κ1) is 13.1. The molecule has 0 spiro atoms. The fourth-order valence-corrected chi connectivity index (χ4v) is 2.85. The first-order valence-electron chi connectivity index (χ1n) is 7.03. The van der Waals surface area contributed by atoms with Crippen molar-refractivity contribution in [1.29, 1.82) is 0 Å². The number of nitrogens with zero attached hydrogens (tertiary/aromatic N) is 2. The molecule has 0 aliphatic carbocycles. The van der Waals surface area contributed by atoms with Crippen LogP contribution in [0.4, 0.5) is 0 Å². The monoisotopic (exact) mass is 273 g/mol. The third-order valence-corrected chi connectivity index (χ3v) is 3.98. The van der Waals surface area contributed by atoms with E-state index in [-0.39, 0.29) is 5.97 Å². The zero-order valence-corrected chi connectivity index (χ0v) is 11.6. The molecule has 2 aromatic rings. The normalized spacial score (nSPS) is 16.4. The number of esters is 1. The standard InChI is InChI=1S/C15H19N3O2/c1-20-15(19)12-3-2-8-18-13(12)10-17-14(18)9-11-4-6-16-7-5-11/h2-3,8,10-11,16H,4-7,9H2,1H3. The van der Waals surface area contributed by atoms with Crippen molar-refractivity contribution in [3.8, 4) is 0 Å². The maximum Gasteiger partial charge on any atom is 0.340 e. The third kappa shape index (κ3) is 2.41. The molecule has 2 aromatic heterocycles. The number of pyridine rings is 1. The molecule has 5 heteroatoms. The molecule has 3 heterocycles. The topological polar surface area (TPSA) is 55.6 Å². The first-order valence-corrected chi connectivity index (χ1v) is 7.03. The van der Waals surface area contributed by atoms with Gasteiger partial charge in [-0.25, -0.2) is 9.78 Å². The van der Waals surface area contributed by atoms with Crippen LogP contribution in [0.25, 0.3) is 5.52 Å². The molecule has 0 radical (unpaired) electrons. The van der Waals surface area contributed by atoms with Crippen LogP contribution in [0.2, 0.25) is 0 Å². The van der Waals surface area contributed by atoms with Gasteiger partial charge in [0.05, 0.1) is 24.4 Å². The van der Waals surface area contributed by atoms with E-state index in [9.17, 15) is 4.79 Å². The number of carbonyl (C=O) groups excluding carboxylic acids is 1. The van der Waals surface area contributed by atoms with Gasteiger partial charge in [0.25, 0.3) is 0 Å². The van der Waals surface area contributed by atoms with E-state index in [0.29, 0.717) is 11.5 Å². The van der Waals surface area contributed by atoms with Gasteiger partial charge in [-0.05, 0) is 44.0 Å². The minimum absolute atomic E-state index is 0.316. The minimum atomic E-state index is -0.316. The maximum absolute atomic E-state index is 11.8. The van der Waals surface area contributed by atoms with Crippen molar-refractivity contribution in [2.24, 2.45) is 5.92 Å². The number of hydrogen-bond acceptors (Lipinski definition) is 4. The molecular formula is C15H19N3O2. The molecule has 0 bridgehead atoms. The van der Waals surface area contributed by atoms with Gasteiger partial charge in [-0.2, -0.15) is 0 Å². The molecule has 1 aliphatic rings. The van der Waals surface area contributed by atoms with Crippen LogP contribution in [0.1, 0.15) is 29.0 Å². The van der Waals surface area contributed by atoms with Crippen molar-refractivity contribution >= 4 is 11.5 Å². The van der Waals surface area contributed by atoms with Gasteiger partial charge in [0.15, 0.2) is 0 Å². The molecule has 0 saturated carbocycles. The number of rotatable bonds is 3. The molecule has 1 N–H and O–H groups in total. The van der Waals surface area contributed by atoms with Crippen molar-refractivity contribution in [3.05, 3.63) is 35.9 Å². The number of piperidine rings is 1. The Morgan fingerprint density at radius 2 is 2.30 bits per heavy atom. The molecule has 20 heavy (non-hydrogen) atoms. The number of fused-ring (bicyclic) bond motifs is 1. The van der Waals surface area contributed by atoms with Gasteiger partial charge in [0, 0.05) is 12.6 Å². The second-order valence-corrected chi connectivity index (χ2v) is 5.24. The molecule has 0 atom stereocenters. The van der Waals surface area contributed by atoms with E-state index in [0.717, 1.165) is 30.9 Å². The summed E-state index contributed by atoms with van der Waals surface area (Å²) in [4.78, 5) is 16.3. The quantitative estimate of drug-likeness (QED) is 0.864. The van der Waals surface area contributed by atoms with Crippen LogP contribution in [-0.4, -0.2) is 35.6 Å². The fraction of sp³-hybridized carbons (Fsp3) is 0.467. The molecule has 5 nitrogen and oxygen atoms in total. The fourth-order valence-electron chi connectivity index (χ4n) is 2.85. The van der Waals surface area contributed by atoms with Crippen molar-refractivity contribution < 1.29 is 9.53 Å². The predicted molar refractivity (Wildman–Crippen MR) is 75.8 cm³/mol.